The van der Waals surface area contributed by atoms with E-state index in [0.717, 1.165) is 13.2 Å². The van der Waals surface area contributed by atoms with Gasteiger partial charge in [-0.15, -0.1) is 0 Å². The normalized spacial score (nSPS) is 22.2. The summed E-state index contributed by atoms with van der Waals surface area (Å²) in [6.07, 6.45) is 0. The second-order valence-electron chi connectivity index (χ2n) is 2.51. The molecular weight excluding hydrogens is 134 g/mol. The molecule has 4 nitrogen and oxygen atoms in total. The van der Waals surface area contributed by atoms with Gasteiger partial charge in [0.2, 0.25) is 0 Å². The van der Waals surface area contributed by atoms with Gasteiger partial charge in [0.05, 0.1) is 13.2 Å². The van der Waals surface area contributed by atoms with Crippen molar-refractivity contribution >= 4 is 0 Å². The SMILES string of the molecule is OCC[N+]1(CCO)CCO1. The van der Waals surface area contributed by atoms with Crippen molar-refractivity contribution in [2.45, 2.75) is 0 Å². The van der Waals surface area contributed by atoms with E-state index < -0.39 is 0 Å². The summed E-state index contributed by atoms with van der Waals surface area (Å²) in [5, 5.41) is 17.2. The zero-order chi connectivity index (χ0) is 7.45. The number of rotatable bonds is 4. The number of aliphatic hydroxyl groups excluding tert-OH is 2. The van der Waals surface area contributed by atoms with Gasteiger partial charge in [-0.25, -0.2) is 0 Å². The van der Waals surface area contributed by atoms with Gasteiger partial charge in [0.25, 0.3) is 0 Å². The molecule has 2 N–H and O–H groups in total. The van der Waals surface area contributed by atoms with Gasteiger partial charge >= 0.3 is 0 Å². The van der Waals surface area contributed by atoms with E-state index in [-0.39, 0.29) is 13.2 Å². The van der Waals surface area contributed by atoms with Gasteiger partial charge in [-0.1, -0.05) is 0 Å². The topological polar surface area (TPSA) is 49.7 Å². The minimum Gasteiger partial charge on any atom is -0.390 e. The van der Waals surface area contributed by atoms with Crippen LogP contribution in [0.5, 0.6) is 0 Å². The van der Waals surface area contributed by atoms with Crippen molar-refractivity contribution in [1.82, 2.24) is 0 Å². The molecule has 4 heteroatoms. The van der Waals surface area contributed by atoms with Crippen molar-refractivity contribution < 1.29 is 19.7 Å². The molecule has 0 atom stereocenters. The number of nitrogens with zero attached hydrogens (tertiary/aromatic N) is 1. The van der Waals surface area contributed by atoms with Gasteiger partial charge in [0, 0.05) is 0 Å². The minimum absolute atomic E-state index is 0.125. The van der Waals surface area contributed by atoms with E-state index in [1.54, 1.807) is 0 Å². The lowest BCUT2D eigenvalue weighted by Gasteiger charge is -2.41. The fourth-order valence-corrected chi connectivity index (χ4v) is 1.18. The lowest BCUT2D eigenvalue weighted by molar-refractivity contribution is -1.15. The molecule has 0 saturated carbocycles. The lowest BCUT2D eigenvalue weighted by atomic mass is 10.4. The molecule has 1 aliphatic heterocycles. The van der Waals surface area contributed by atoms with E-state index >= 15 is 0 Å². The van der Waals surface area contributed by atoms with Crippen LogP contribution in [0.3, 0.4) is 0 Å². The first kappa shape index (κ1) is 7.94. The molecule has 1 rings (SSSR count). The molecule has 0 amide bonds. The van der Waals surface area contributed by atoms with E-state index in [9.17, 15) is 0 Å². The van der Waals surface area contributed by atoms with Crippen molar-refractivity contribution in [3.05, 3.63) is 0 Å². The summed E-state index contributed by atoms with van der Waals surface area (Å²) >= 11 is 0. The summed E-state index contributed by atoms with van der Waals surface area (Å²) < 4.78 is 0.438. The molecule has 0 aliphatic carbocycles. The first-order chi connectivity index (χ1) is 4.83. The summed E-state index contributed by atoms with van der Waals surface area (Å²) in [7, 11) is 0. The fourth-order valence-electron chi connectivity index (χ4n) is 1.18. The average Bonchev–Trinajstić information content (AvgIpc) is 1.84. The van der Waals surface area contributed by atoms with Crippen LogP contribution in [0.4, 0.5) is 0 Å². The lowest BCUT2D eigenvalue weighted by Crippen LogP contribution is -2.61. The molecule has 0 radical (unpaired) electrons. The largest absolute Gasteiger partial charge is 0.390 e. The Morgan fingerprint density at radius 3 is 1.90 bits per heavy atom. The third-order valence-corrected chi connectivity index (χ3v) is 1.88. The third kappa shape index (κ3) is 1.46. The molecule has 1 aliphatic rings. The van der Waals surface area contributed by atoms with Gasteiger partial charge in [-0.05, 0) is 0 Å². The second kappa shape index (κ2) is 3.30. The first-order valence-electron chi connectivity index (χ1n) is 3.55. The highest BCUT2D eigenvalue weighted by atomic mass is 16.8. The van der Waals surface area contributed by atoms with Crippen LogP contribution in [0.25, 0.3) is 0 Å². The van der Waals surface area contributed by atoms with Crippen LogP contribution in [0.2, 0.25) is 0 Å². The standard InChI is InChI=1S/C6H14NO3/c8-4-1-7(2-5-9)3-6-10-7/h8-9H,1-6H2/q+1. The Bertz CT molecular complexity index is 95.2. The van der Waals surface area contributed by atoms with Crippen molar-refractivity contribution in [1.29, 1.82) is 0 Å². The predicted molar refractivity (Wildman–Crippen MR) is 35.0 cm³/mol. The van der Waals surface area contributed by atoms with Crippen LogP contribution in [0, 0.1) is 0 Å². The zero-order valence-electron chi connectivity index (χ0n) is 5.99. The Morgan fingerprint density at radius 2 is 1.70 bits per heavy atom. The highest BCUT2D eigenvalue weighted by Crippen LogP contribution is 2.15. The molecule has 0 aromatic carbocycles. The van der Waals surface area contributed by atoms with E-state index in [4.69, 9.17) is 15.1 Å². The van der Waals surface area contributed by atoms with E-state index in [0.29, 0.717) is 17.7 Å². The first-order valence-corrected chi connectivity index (χ1v) is 3.55. The average molecular weight is 148 g/mol. The number of hydrogen-bond donors (Lipinski definition) is 2. The van der Waals surface area contributed by atoms with Crippen LogP contribution in [-0.4, -0.2) is 54.3 Å². The molecule has 0 unspecified atom stereocenters. The highest BCUT2D eigenvalue weighted by molar-refractivity contribution is 4.41. The van der Waals surface area contributed by atoms with E-state index in [1.165, 1.54) is 0 Å². The Kier molecular flexibility index (Phi) is 2.62. The van der Waals surface area contributed by atoms with Crippen LogP contribution < -0.4 is 0 Å². The summed E-state index contributed by atoms with van der Waals surface area (Å²) in [4.78, 5) is 5.22. The number of aliphatic hydroxyl groups is 2. The zero-order valence-corrected chi connectivity index (χ0v) is 5.99. The fraction of sp³-hybridized carbons (Fsp3) is 1.00. The number of hydrogen-bond acceptors (Lipinski definition) is 3. The Hall–Kier alpha value is -0.160. The maximum Gasteiger partial charge on any atom is 0.158 e. The smallest absolute Gasteiger partial charge is 0.158 e. The highest BCUT2D eigenvalue weighted by Gasteiger charge is 2.37. The summed E-state index contributed by atoms with van der Waals surface area (Å²) in [5.41, 5.74) is 0. The van der Waals surface area contributed by atoms with Crippen molar-refractivity contribution in [3.63, 3.8) is 0 Å². The Morgan fingerprint density at radius 1 is 1.20 bits per heavy atom. The van der Waals surface area contributed by atoms with Gasteiger partial charge in [0.1, 0.15) is 19.6 Å². The van der Waals surface area contributed by atoms with Crippen molar-refractivity contribution in [2.75, 3.05) is 39.5 Å². The Balaban J connectivity index is 2.27. The van der Waals surface area contributed by atoms with Gasteiger partial charge < -0.3 is 10.2 Å². The van der Waals surface area contributed by atoms with E-state index in [2.05, 4.69) is 0 Å². The minimum atomic E-state index is 0.125. The quantitative estimate of drug-likeness (QED) is 0.489. The monoisotopic (exact) mass is 148 g/mol. The van der Waals surface area contributed by atoms with E-state index in [1.807, 2.05) is 0 Å². The molecule has 10 heavy (non-hydrogen) atoms. The van der Waals surface area contributed by atoms with Crippen LogP contribution in [0.1, 0.15) is 0 Å². The van der Waals surface area contributed by atoms with Crippen LogP contribution >= 0.6 is 0 Å². The molecule has 0 aromatic heterocycles. The maximum atomic E-state index is 8.62. The molecule has 1 saturated heterocycles. The summed E-state index contributed by atoms with van der Waals surface area (Å²) in [6, 6.07) is 0. The van der Waals surface area contributed by atoms with Crippen LogP contribution in [-0.2, 0) is 4.84 Å². The summed E-state index contributed by atoms with van der Waals surface area (Å²) in [5.74, 6) is 0. The van der Waals surface area contributed by atoms with Gasteiger partial charge in [-0.2, -0.15) is 9.48 Å². The molecule has 1 fully saturated rings. The molecule has 60 valence electrons. The number of hydroxylamine groups is 3. The van der Waals surface area contributed by atoms with Crippen molar-refractivity contribution in [3.8, 4) is 0 Å². The molecule has 1 heterocycles. The van der Waals surface area contributed by atoms with Gasteiger partial charge in [-0.3, -0.25) is 0 Å². The van der Waals surface area contributed by atoms with Crippen molar-refractivity contribution in [2.24, 2.45) is 0 Å². The van der Waals surface area contributed by atoms with Crippen LogP contribution in [0.15, 0.2) is 0 Å². The third-order valence-electron chi connectivity index (χ3n) is 1.88. The maximum absolute atomic E-state index is 8.62. The predicted octanol–water partition coefficient (Wildman–Crippen LogP) is -1.27. The molecule has 0 aromatic rings. The summed E-state index contributed by atoms with van der Waals surface area (Å²) in [6.45, 7) is 3.11. The van der Waals surface area contributed by atoms with Gasteiger partial charge in [0.15, 0.2) is 6.61 Å². The Labute approximate surface area is 60.2 Å². The molecular formula is C6H14NO3+. The molecule has 0 spiro atoms. The second-order valence-corrected chi connectivity index (χ2v) is 2.51. The number of quaternary nitrogens is 1. The molecule has 0 bridgehead atoms.